The normalized spacial score (nSPS) is 40.2. The standard InChI is InChI=1S/C43H60O10/c1-8-35-26(2)18-19-42(53-35)24-33-23-32(52-42)16-14-28(4)39(49-20-10-12-30-15-17-36(47-6)37(22-30)48-7)27(3)11-9-13-31-25-50-40-38(44)29(5)21-34(41(45)51-33)43(31,40)46/h9,11,13-15,17,21-22,26-27,32-35,38-40,44,46H,8,10,12,16,18-20,23-25H2,1-7H3/b11-9+,28-14+,31-13+/t26-,27-,32+,33-,34-,35+,38+,39+,40-,42+,43+/m0/s1. The fraction of sp³-hybridized carbons (Fsp3) is 0.651. The first kappa shape index (κ1) is 39.7. The van der Waals surface area contributed by atoms with E-state index in [0.29, 0.717) is 60.9 Å². The Morgan fingerprint density at radius 1 is 1.04 bits per heavy atom. The average Bonchev–Trinajstić information content (AvgIpc) is 3.49. The topological polar surface area (TPSA) is 122 Å². The average molecular weight is 737 g/mol. The zero-order chi connectivity index (χ0) is 37.9. The number of rotatable bonds is 8. The second-order valence-corrected chi connectivity index (χ2v) is 15.8. The molecule has 3 fully saturated rings. The van der Waals surface area contributed by atoms with Crippen molar-refractivity contribution < 1.29 is 48.2 Å². The van der Waals surface area contributed by atoms with Crippen molar-refractivity contribution in [2.24, 2.45) is 17.8 Å². The summed E-state index contributed by atoms with van der Waals surface area (Å²) in [6, 6.07) is 5.99. The molecule has 6 rings (SSSR count). The molecule has 0 radical (unpaired) electrons. The van der Waals surface area contributed by atoms with E-state index >= 15 is 0 Å². The lowest BCUT2D eigenvalue weighted by molar-refractivity contribution is -0.335. The molecule has 292 valence electrons. The Labute approximate surface area is 315 Å². The van der Waals surface area contributed by atoms with Crippen molar-refractivity contribution in [3.05, 3.63) is 70.9 Å². The van der Waals surface area contributed by atoms with Crippen LogP contribution in [-0.2, 0) is 34.9 Å². The molecule has 4 heterocycles. The number of carbonyl (C=O) groups excluding carboxylic acids is 1. The molecule has 3 saturated heterocycles. The molecule has 2 bridgehead atoms. The Balaban J connectivity index is 1.29. The molecule has 0 saturated carbocycles. The van der Waals surface area contributed by atoms with Crippen molar-refractivity contribution in [1.82, 2.24) is 0 Å². The molecule has 5 aliphatic rings. The van der Waals surface area contributed by atoms with Gasteiger partial charge < -0.3 is 43.4 Å². The fourth-order valence-electron chi connectivity index (χ4n) is 8.97. The molecule has 1 aromatic rings. The first-order valence-corrected chi connectivity index (χ1v) is 19.5. The van der Waals surface area contributed by atoms with E-state index in [1.807, 2.05) is 24.3 Å². The summed E-state index contributed by atoms with van der Waals surface area (Å²) in [6.45, 7) is 11.0. The predicted molar refractivity (Wildman–Crippen MR) is 201 cm³/mol. The highest BCUT2D eigenvalue weighted by Crippen LogP contribution is 2.47. The van der Waals surface area contributed by atoms with Gasteiger partial charge in [0.15, 0.2) is 17.3 Å². The monoisotopic (exact) mass is 736 g/mol. The van der Waals surface area contributed by atoms with Crippen LogP contribution in [0.5, 0.6) is 11.5 Å². The third-order valence-corrected chi connectivity index (χ3v) is 12.1. The van der Waals surface area contributed by atoms with Crippen LogP contribution >= 0.6 is 0 Å². The summed E-state index contributed by atoms with van der Waals surface area (Å²) in [5.41, 5.74) is 1.58. The summed E-state index contributed by atoms with van der Waals surface area (Å²) < 4.78 is 43.5. The van der Waals surface area contributed by atoms with Crippen molar-refractivity contribution in [3.8, 4) is 11.5 Å². The highest BCUT2D eigenvalue weighted by atomic mass is 16.7. The van der Waals surface area contributed by atoms with Gasteiger partial charge in [-0.2, -0.15) is 0 Å². The number of esters is 1. The maximum Gasteiger partial charge on any atom is 0.316 e. The van der Waals surface area contributed by atoms with Gasteiger partial charge in [0, 0.05) is 31.8 Å². The molecular weight excluding hydrogens is 676 g/mol. The van der Waals surface area contributed by atoms with Gasteiger partial charge in [-0.3, -0.25) is 4.79 Å². The van der Waals surface area contributed by atoms with Gasteiger partial charge in [-0.1, -0.05) is 57.2 Å². The number of ether oxygens (including phenoxy) is 7. The number of fused-ring (bicyclic) bond motifs is 2. The number of aliphatic hydroxyl groups is 2. The Morgan fingerprint density at radius 3 is 2.58 bits per heavy atom. The lowest BCUT2D eigenvalue weighted by atomic mass is 9.71. The molecule has 0 amide bonds. The fourth-order valence-corrected chi connectivity index (χ4v) is 8.97. The van der Waals surface area contributed by atoms with Gasteiger partial charge in [0.25, 0.3) is 0 Å². The van der Waals surface area contributed by atoms with E-state index < -0.39 is 41.6 Å². The van der Waals surface area contributed by atoms with Crippen LogP contribution in [-0.4, -0.2) is 91.6 Å². The number of hydrogen-bond donors (Lipinski definition) is 2. The molecule has 11 atom stereocenters. The minimum Gasteiger partial charge on any atom is -0.493 e. The minimum absolute atomic E-state index is 0.0236. The summed E-state index contributed by atoms with van der Waals surface area (Å²) in [5, 5.41) is 23.4. The maximum absolute atomic E-state index is 14.2. The second kappa shape index (κ2) is 16.8. The van der Waals surface area contributed by atoms with Crippen molar-refractivity contribution >= 4 is 5.97 Å². The molecule has 53 heavy (non-hydrogen) atoms. The summed E-state index contributed by atoms with van der Waals surface area (Å²) >= 11 is 0. The summed E-state index contributed by atoms with van der Waals surface area (Å²) in [7, 11) is 3.28. The van der Waals surface area contributed by atoms with Crippen LogP contribution < -0.4 is 9.47 Å². The number of allylic oxidation sites excluding steroid dienone is 2. The molecule has 4 aliphatic heterocycles. The van der Waals surface area contributed by atoms with Crippen molar-refractivity contribution in [2.75, 3.05) is 27.4 Å². The van der Waals surface area contributed by atoms with Crippen LogP contribution in [0.2, 0.25) is 0 Å². The summed E-state index contributed by atoms with van der Waals surface area (Å²) in [6.07, 6.45) is 12.4. The SMILES string of the molecule is CC[C@H]1O[C@]2(CC[C@@H]1C)C[C@@H]1C[C@@H](C/C=C(\C)[C@H](OCCCc3ccc(OC)c(OC)c3)[C@@H](C)/C=C/C=C3\CO[C@H]4[C@H](O)C(C)=C[C@@H](C(=O)O1)[C@]34O)O2. The van der Waals surface area contributed by atoms with Crippen LogP contribution in [0.15, 0.2) is 65.3 Å². The van der Waals surface area contributed by atoms with E-state index in [2.05, 4.69) is 45.9 Å². The number of aliphatic hydroxyl groups excluding tert-OH is 1. The molecule has 0 aromatic heterocycles. The quantitative estimate of drug-likeness (QED) is 0.172. The number of hydrogen-bond acceptors (Lipinski definition) is 10. The molecule has 10 nitrogen and oxygen atoms in total. The summed E-state index contributed by atoms with van der Waals surface area (Å²) in [4.78, 5) is 14.2. The van der Waals surface area contributed by atoms with Crippen LogP contribution in [0.3, 0.4) is 0 Å². The van der Waals surface area contributed by atoms with E-state index in [1.54, 1.807) is 27.2 Å². The van der Waals surface area contributed by atoms with E-state index in [0.717, 1.165) is 36.8 Å². The zero-order valence-corrected chi connectivity index (χ0v) is 32.5. The number of benzene rings is 1. The molecule has 1 aliphatic carbocycles. The smallest absolute Gasteiger partial charge is 0.316 e. The van der Waals surface area contributed by atoms with Gasteiger partial charge in [-0.25, -0.2) is 0 Å². The number of aryl methyl sites for hydroxylation is 1. The number of carbonyl (C=O) groups is 1. The first-order chi connectivity index (χ1) is 25.4. The van der Waals surface area contributed by atoms with E-state index in [9.17, 15) is 15.0 Å². The van der Waals surface area contributed by atoms with Gasteiger partial charge in [0.2, 0.25) is 0 Å². The van der Waals surface area contributed by atoms with Gasteiger partial charge in [-0.15, -0.1) is 0 Å². The molecule has 1 aromatic carbocycles. The largest absolute Gasteiger partial charge is 0.493 e. The Bertz CT molecular complexity index is 1580. The molecule has 1 spiro atoms. The van der Waals surface area contributed by atoms with E-state index in [1.165, 1.54) is 0 Å². The van der Waals surface area contributed by atoms with E-state index in [4.69, 9.17) is 33.2 Å². The molecule has 2 N–H and O–H groups in total. The lowest BCUT2D eigenvalue weighted by Crippen LogP contribution is -2.58. The predicted octanol–water partition coefficient (Wildman–Crippen LogP) is 6.57. The van der Waals surface area contributed by atoms with Crippen LogP contribution in [0, 0.1) is 17.8 Å². The maximum atomic E-state index is 14.2. The third-order valence-electron chi connectivity index (χ3n) is 12.1. The molecule has 10 heteroatoms. The lowest BCUT2D eigenvalue weighted by Gasteiger charge is -2.50. The number of methoxy groups -OCH3 is 2. The van der Waals surface area contributed by atoms with Gasteiger partial charge >= 0.3 is 5.97 Å². The first-order valence-electron chi connectivity index (χ1n) is 19.5. The molecular formula is C43H60O10. The van der Waals surface area contributed by atoms with Crippen molar-refractivity contribution in [3.63, 3.8) is 0 Å². The Kier molecular flexibility index (Phi) is 12.6. The zero-order valence-electron chi connectivity index (χ0n) is 32.5. The Morgan fingerprint density at radius 2 is 1.83 bits per heavy atom. The second-order valence-electron chi connectivity index (χ2n) is 15.8. The van der Waals surface area contributed by atoms with E-state index in [-0.39, 0.29) is 30.8 Å². The van der Waals surface area contributed by atoms with Crippen LogP contribution in [0.4, 0.5) is 0 Å². The van der Waals surface area contributed by atoms with Gasteiger partial charge in [-0.05, 0) is 86.3 Å². The Hall–Kier alpha value is -2.99. The highest BCUT2D eigenvalue weighted by Gasteiger charge is 2.60. The summed E-state index contributed by atoms with van der Waals surface area (Å²) in [5.74, 6) is -0.640. The van der Waals surface area contributed by atoms with Crippen LogP contribution in [0.25, 0.3) is 0 Å². The van der Waals surface area contributed by atoms with Crippen LogP contribution in [0.1, 0.15) is 85.1 Å². The highest BCUT2D eigenvalue weighted by molar-refractivity contribution is 5.78. The van der Waals surface area contributed by atoms with Crippen molar-refractivity contribution in [2.45, 2.75) is 134 Å². The third kappa shape index (κ3) is 8.33. The van der Waals surface area contributed by atoms with Gasteiger partial charge in [0.05, 0.1) is 39.1 Å². The minimum atomic E-state index is -1.76. The van der Waals surface area contributed by atoms with Crippen molar-refractivity contribution in [1.29, 1.82) is 0 Å². The molecule has 0 unspecified atom stereocenters. The van der Waals surface area contributed by atoms with Gasteiger partial charge in [0.1, 0.15) is 29.8 Å².